The highest BCUT2D eigenvalue weighted by molar-refractivity contribution is 6.10. The van der Waals surface area contributed by atoms with Crippen LogP contribution in [0.4, 0.5) is 0 Å². The van der Waals surface area contributed by atoms with Crippen molar-refractivity contribution in [3.8, 4) is 0 Å². The molecule has 0 fully saturated rings. The van der Waals surface area contributed by atoms with Gasteiger partial charge in [0, 0.05) is 28.6 Å². The molecule has 0 atom stereocenters. The molecule has 0 saturated heterocycles. The van der Waals surface area contributed by atoms with Gasteiger partial charge in [0.15, 0.2) is 5.78 Å². The van der Waals surface area contributed by atoms with Gasteiger partial charge >= 0.3 is 5.97 Å². The fourth-order valence-electron chi connectivity index (χ4n) is 2.26. The molecule has 4 nitrogen and oxygen atoms in total. The van der Waals surface area contributed by atoms with Crippen LogP contribution in [0, 0.1) is 0 Å². The lowest BCUT2D eigenvalue weighted by atomic mass is 10.0. The van der Waals surface area contributed by atoms with E-state index in [-0.39, 0.29) is 11.8 Å². The van der Waals surface area contributed by atoms with Gasteiger partial charge in [-0.1, -0.05) is 19.9 Å². The van der Waals surface area contributed by atoms with E-state index in [4.69, 9.17) is 4.74 Å². The zero-order valence-electron chi connectivity index (χ0n) is 11.4. The van der Waals surface area contributed by atoms with Gasteiger partial charge in [-0.3, -0.25) is 4.79 Å². The zero-order valence-corrected chi connectivity index (χ0v) is 11.4. The summed E-state index contributed by atoms with van der Waals surface area (Å²) in [5.41, 5.74) is 2.95. The maximum Gasteiger partial charge on any atom is 0.337 e. The number of rotatable bonds is 4. The third-order valence-corrected chi connectivity index (χ3v) is 3.25. The van der Waals surface area contributed by atoms with E-state index in [0.717, 1.165) is 28.6 Å². The first kappa shape index (κ1) is 13.3. The number of Topliss-reactive ketones (excluding diaryl/α,β-unsaturated/α-hetero) is 1. The summed E-state index contributed by atoms with van der Waals surface area (Å²) in [7, 11) is 1.35. The Kier molecular flexibility index (Phi) is 3.69. The third kappa shape index (κ3) is 2.26. The number of hydrogen-bond donors (Lipinski definition) is 1. The summed E-state index contributed by atoms with van der Waals surface area (Å²) in [5, 5.41) is 0.872. The molecule has 0 aliphatic heterocycles. The molecule has 1 aromatic carbocycles. The standard InChI is InChI=1S/C15H17NO3/c1-4-11-14(13(17)5-2)10-7-6-9(15(18)19-3)8-12(10)16-11/h6-8,16H,4-5H2,1-3H3. The van der Waals surface area contributed by atoms with Gasteiger partial charge in [0.2, 0.25) is 0 Å². The molecule has 4 heteroatoms. The summed E-state index contributed by atoms with van der Waals surface area (Å²) in [4.78, 5) is 26.8. The first-order valence-electron chi connectivity index (χ1n) is 6.38. The van der Waals surface area contributed by atoms with E-state index in [1.165, 1.54) is 7.11 Å². The molecule has 19 heavy (non-hydrogen) atoms. The van der Waals surface area contributed by atoms with Gasteiger partial charge in [0.05, 0.1) is 12.7 Å². The Morgan fingerprint density at radius 3 is 2.58 bits per heavy atom. The summed E-state index contributed by atoms with van der Waals surface area (Å²) in [6, 6.07) is 5.22. The van der Waals surface area contributed by atoms with Crippen LogP contribution in [0.5, 0.6) is 0 Å². The largest absolute Gasteiger partial charge is 0.465 e. The average molecular weight is 259 g/mol. The van der Waals surface area contributed by atoms with Crippen molar-refractivity contribution in [2.24, 2.45) is 0 Å². The Balaban J connectivity index is 2.64. The molecule has 0 radical (unpaired) electrons. The molecular formula is C15H17NO3. The first-order valence-corrected chi connectivity index (χ1v) is 6.38. The smallest absolute Gasteiger partial charge is 0.337 e. The number of esters is 1. The number of ether oxygens (including phenoxy) is 1. The summed E-state index contributed by atoms with van der Waals surface area (Å²) < 4.78 is 4.70. The number of fused-ring (bicyclic) bond motifs is 1. The molecule has 1 N–H and O–H groups in total. The van der Waals surface area contributed by atoms with Gasteiger partial charge < -0.3 is 9.72 Å². The molecule has 2 rings (SSSR count). The number of ketones is 1. The Bertz CT molecular complexity index is 640. The summed E-state index contributed by atoms with van der Waals surface area (Å²) in [6.07, 6.45) is 1.22. The van der Waals surface area contributed by atoms with Gasteiger partial charge in [-0.05, 0) is 18.6 Å². The second-order valence-electron chi connectivity index (χ2n) is 4.36. The maximum atomic E-state index is 12.0. The van der Waals surface area contributed by atoms with E-state index in [1.807, 2.05) is 13.8 Å². The van der Waals surface area contributed by atoms with Crippen molar-refractivity contribution in [1.82, 2.24) is 4.98 Å². The Morgan fingerprint density at radius 1 is 1.26 bits per heavy atom. The zero-order chi connectivity index (χ0) is 14.0. The molecule has 1 aromatic heterocycles. The van der Waals surface area contributed by atoms with Crippen LogP contribution in [0.3, 0.4) is 0 Å². The fraction of sp³-hybridized carbons (Fsp3) is 0.333. The Morgan fingerprint density at radius 2 is 2.00 bits per heavy atom. The minimum absolute atomic E-state index is 0.119. The molecule has 0 amide bonds. The van der Waals surface area contributed by atoms with Crippen molar-refractivity contribution in [3.63, 3.8) is 0 Å². The number of benzene rings is 1. The van der Waals surface area contributed by atoms with Crippen LogP contribution in [0.1, 0.15) is 46.7 Å². The Labute approximate surface area is 111 Å². The van der Waals surface area contributed by atoms with E-state index in [9.17, 15) is 9.59 Å². The normalized spacial score (nSPS) is 10.7. The lowest BCUT2D eigenvalue weighted by Crippen LogP contribution is -2.01. The number of H-pyrrole nitrogens is 1. The molecule has 0 spiro atoms. The van der Waals surface area contributed by atoms with E-state index >= 15 is 0 Å². The van der Waals surface area contributed by atoms with Crippen molar-refractivity contribution in [2.75, 3.05) is 7.11 Å². The lowest BCUT2D eigenvalue weighted by Gasteiger charge is -2.00. The van der Waals surface area contributed by atoms with Gasteiger partial charge in [-0.25, -0.2) is 4.79 Å². The second-order valence-corrected chi connectivity index (χ2v) is 4.36. The van der Waals surface area contributed by atoms with Gasteiger partial charge in [-0.15, -0.1) is 0 Å². The lowest BCUT2D eigenvalue weighted by molar-refractivity contribution is 0.0600. The van der Waals surface area contributed by atoms with E-state index < -0.39 is 0 Å². The van der Waals surface area contributed by atoms with Gasteiger partial charge in [0.25, 0.3) is 0 Å². The van der Waals surface area contributed by atoms with Crippen molar-refractivity contribution in [2.45, 2.75) is 26.7 Å². The van der Waals surface area contributed by atoms with Crippen LogP contribution < -0.4 is 0 Å². The number of carbonyl (C=O) groups excluding carboxylic acids is 2. The second kappa shape index (κ2) is 5.26. The van der Waals surface area contributed by atoms with Crippen LogP contribution in [-0.4, -0.2) is 23.8 Å². The molecule has 0 aliphatic rings. The van der Waals surface area contributed by atoms with E-state index in [0.29, 0.717) is 12.0 Å². The fourth-order valence-corrected chi connectivity index (χ4v) is 2.26. The van der Waals surface area contributed by atoms with Crippen molar-refractivity contribution in [3.05, 3.63) is 35.0 Å². The van der Waals surface area contributed by atoms with Crippen LogP contribution in [0.2, 0.25) is 0 Å². The predicted octanol–water partition coefficient (Wildman–Crippen LogP) is 3.11. The average Bonchev–Trinajstić information content (AvgIpc) is 2.82. The topological polar surface area (TPSA) is 59.2 Å². The van der Waals surface area contributed by atoms with Crippen LogP contribution in [0.25, 0.3) is 10.9 Å². The minimum Gasteiger partial charge on any atom is -0.465 e. The molecule has 0 unspecified atom stereocenters. The quantitative estimate of drug-likeness (QED) is 0.678. The molecule has 0 saturated carbocycles. The van der Waals surface area contributed by atoms with Crippen LogP contribution in [0.15, 0.2) is 18.2 Å². The van der Waals surface area contributed by atoms with Crippen molar-refractivity contribution in [1.29, 1.82) is 0 Å². The highest BCUT2D eigenvalue weighted by Gasteiger charge is 2.17. The number of methoxy groups -OCH3 is 1. The first-order chi connectivity index (χ1) is 9.12. The Hall–Kier alpha value is -2.10. The van der Waals surface area contributed by atoms with Crippen molar-refractivity contribution >= 4 is 22.7 Å². The summed E-state index contributed by atoms with van der Waals surface area (Å²) in [5.74, 6) is -0.258. The predicted molar refractivity (Wildman–Crippen MR) is 73.6 cm³/mol. The molecule has 0 aliphatic carbocycles. The number of aryl methyl sites for hydroxylation is 1. The number of hydrogen-bond acceptors (Lipinski definition) is 3. The highest BCUT2D eigenvalue weighted by Crippen LogP contribution is 2.25. The number of carbonyl (C=O) groups is 2. The number of aromatic amines is 1. The van der Waals surface area contributed by atoms with Gasteiger partial charge in [-0.2, -0.15) is 0 Å². The molecule has 2 aromatic rings. The number of nitrogens with one attached hydrogen (secondary N) is 1. The molecular weight excluding hydrogens is 242 g/mol. The highest BCUT2D eigenvalue weighted by atomic mass is 16.5. The van der Waals surface area contributed by atoms with Crippen molar-refractivity contribution < 1.29 is 14.3 Å². The molecule has 1 heterocycles. The summed E-state index contributed by atoms with van der Waals surface area (Å²) in [6.45, 7) is 3.85. The molecule has 100 valence electrons. The molecule has 0 bridgehead atoms. The summed E-state index contributed by atoms with van der Waals surface area (Å²) >= 11 is 0. The van der Waals surface area contributed by atoms with Gasteiger partial charge in [0.1, 0.15) is 0 Å². The third-order valence-electron chi connectivity index (χ3n) is 3.25. The maximum absolute atomic E-state index is 12.0. The number of aromatic nitrogens is 1. The van der Waals surface area contributed by atoms with E-state index in [2.05, 4.69) is 4.98 Å². The SMILES string of the molecule is CCC(=O)c1c(CC)[nH]c2cc(C(=O)OC)ccc12. The van der Waals surface area contributed by atoms with Crippen LogP contribution >= 0.6 is 0 Å². The van der Waals surface area contributed by atoms with E-state index in [1.54, 1.807) is 18.2 Å². The monoisotopic (exact) mass is 259 g/mol. The minimum atomic E-state index is -0.377. The van der Waals surface area contributed by atoms with Crippen LogP contribution in [-0.2, 0) is 11.2 Å².